The van der Waals surface area contributed by atoms with E-state index in [-0.39, 0.29) is 5.82 Å². The van der Waals surface area contributed by atoms with E-state index in [1.54, 1.807) is 18.2 Å². The second-order valence-corrected chi connectivity index (χ2v) is 3.87. The van der Waals surface area contributed by atoms with Crippen LogP contribution in [0.25, 0.3) is 11.8 Å². The van der Waals surface area contributed by atoms with E-state index in [9.17, 15) is 4.79 Å². The molecular weight excluding hydrogens is 272 g/mol. The van der Waals surface area contributed by atoms with Crippen LogP contribution in [-0.2, 0) is 4.79 Å². The van der Waals surface area contributed by atoms with Gasteiger partial charge in [-0.1, -0.05) is 11.6 Å². The maximum Gasteiger partial charge on any atom is 0.328 e. The Morgan fingerprint density at radius 3 is 3.00 bits per heavy atom. The number of halogens is 1. The van der Waals surface area contributed by atoms with Crippen molar-refractivity contribution in [2.45, 2.75) is 0 Å². The van der Waals surface area contributed by atoms with E-state index in [0.717, 1.165) is 6.08 Å². The van der Waals surface area contributed by atoms with Gasteiger partial charge in [-0.15, -0.1) is 5.10 Å². The number of hydrogen-bond acceptors (Lipinski definition) is 5. The smallest absolute Gasteiger partial charge is 0.328 e. The summed E-state index contributed by atoms with van der Waals surface area (Å²) in [6.45, 7) is 0. The molecule has 1 heterocycles. The topological polar surface area (TPSA) is 90.1 Å². The van der Waals surface area contributed by atoms with Crippen LogP contribution in [0.3, 0.4) is 0 Å². The van der Waals surface area contributed by atoms with Crippen molar-refractivity contribution in [3.63, 3.8) is 0 Å². The monoisotopic (exact) mass is 280 g/mol. The summed E-state index contributed by atoms with van der Waals surface area (Å²) in [4.78, 5) is 10.5. The summed E-state index contributed by atoms with van der Waals surface area (Å²) in [5.41, 5.74) is 0.519. The number of carboxylic acids is 1. The molecule has 98 valence electrons. The summed E-state index contributed by atoms with van der Waals surface area (Å²) in [6.07, 6.45) is 2.22. The molecule has 0 amide bonds. The quantitative estimate of drug-likeness (QED) is 0.852. The molecule has 19 heavy (non-hydrogen) atoms. The van der Waals surface area contributed by atoms with E-state index in [2.05, 4.69) is 15.5 Å². The van der Waals surface area contributed by atoms with Crippen LogP contribution in [-0.4, -0.2) is 38.4 Å². The molecule has 0 aliphatic heterocycles. The summed E-state index contributed by atoms with van der Waals surface area (Å²) in [7, 11) is 1.50. The number of carboxylic acid groups (broad SMARTS) is 1. The number of ether oxygens (including phenoxy) is 1. The lowest BCUT2D eigenvalue weighted by Crippen LogP contribution is -2.03. The fraction of sp³-hybridized carbons (Fsp3) is 0.0909. The zero-order chi connectivity index (χ0) is 13.8. The van der Waals surface area contributed by atoms with Gasteiger partial charge in [0.05, 0.1) is 7.11 Å². The standard InChI is InChI=1S/C11H9ClN4O3/c1-19-9-3-2-7(12)6-8(9)16-10(13-14-15-16)4-5-11(17)18/h2-6H,1H3,(H,17,18)/b5-4+. The van der Waals surface area contributed by atoms with Crippen LogP contribution < -0.4 is 4.74 Å². The number of benzene rings is 1. The van der Waals surface area contributed by atoms with Crippen molar-refractivity contribution >= 4 is 23.6 Å². The fourth-order valence-electron chi connectivity index (χ4n) is 1.44. The minimum absolute atomic E-state index is 0.253. The van der Waals surface area contributed by atoms with Crippen LogP contribution in [0.2, 0.25) is 5.02 Å². The Labute approximate surface area is 113 Å². The summed E-state index contributed by atoms with van der Waals surface area (Å²) in [5, 5.41) is 20.1. The zero-order valence-corrected chi connectivity index (χ0v) is 10.6. The van der Waals surface area contributed by atoms with Crippen molar-refractivity contribution in [2.24, 2.45) is 0 Å². The van der Waals surface area contributed by atoms with E-state index in [0.29, 0.717) is 16.5 Å². The number of nitrogens with zero attached hydrogens (tertiary/aromatic N) is 4. The van der Waals surface area contributed by atoms with Crippen molar-refractivity contribution in [3.05, 3.63) is 35.1 Å². The maximum atomic E-state index is 10.5. The highest BCUT2D eigenvalue weighted by Crippen LogP contribution is 2.26. The third-order valence-electron chi connectivity index (χ3n) is 2.24. The normalized spacial score (nSPS) is 10.8. The fourth-order valence-corrected chi connectivity index (χ4v) is 1.61. The molecule has 0 fully saturated rings. The maximum absolute atomic E-state index is 10.5. The Morgan fingerprint density at radius 2 is 2.32 bits per heavy atom. The summed E-state index contributed by atoms with van der Waals surface area (Å²) < 4.78 is 6.53. The molecule has 0 saturated heterocycles. The Bertz CT molecular complexity index is 639. The highest BCUT2D eigenvalue weighted by molar-refractivity contribution is 6.30. The first kappa shape index (κ1) is 13.0. The van der Waals surface area contributed by atoms with Crippen molar-refractivity contribution in [1.29, 1.82) is 0 Å². The zero-order valence-electron chi connectivity index (χ0n) is 9.82. The molecule has 0 spiro atoms. The van der Waals surface area contributed by atoms with Gasteiger partial charge in [-0.2, -0.15) is 4.68 Å². The third kappa shape index (κ3) is 2.89. The van der Waals surface area contributed by atoms with E-state index in [1.165, 1.54) is 17.9 Å². The number of carbonyl (C=O) groups is 1. The first-order valence-corrected chi connectivity index (χ1v) is 5.53. The summed E-state index contributed by atoms with van der Waals surface area (Å²) in [5.74, 6) is -0.322. The molecule has 0 saturated carbocycles. The van der Waals surface area contributed by atoms with Gasteiger partial charge in [-0.25, -0.2) is 4.79 Å². The molecule has 1 aromatic heterocycles. The number of tetrazole rings is 1. The van der Waals surface area contributed by atoms with Crippen LogP contribution in [0, 0.1) is 0 Å². The van der Waals surface area contributed by atoms with E-state index < -0.39 is 5.97 Å². The lowest BCUT2D eigenvalue weighted by atomic mass is 10.3. The molecule has 0 atom stereocenters. The Kier molecular flexibility index (Phi) is 3.76. The molecular formula is C11H9ClN4O3. The molecule has 2 rings (SSSR count). The van der Waals surface area contributed by atoms with Gasteiger partial charge >= 0.3 is 5.97 Å². The molecule has 1 aromatic carbocycles. The molecule has 8 heteroatoms. The van der Waals surface area contributed by atoms with Gasteiger partial charge in [0.1, 0.15) is 11.4 Å². The predicted octanol–water partition coefficient (Wildman–Crippen LogP) is 1.42. The van der Waals surface area contributed by atoms with Crippen LogP contribution in [0.15, 0.2) is 24.3 Å². The van der Waals surface area contributed by atoms with Gasteiger partial charge in [-0.3, -0.25) is 0 Å². The average Bonchev–Trinajstić information content (AvgIpc) is 2.84. The number of hydrogen-bond donors (Lipinski definition) is 1. The van der Waals surface area contributed by atoms with Crippen molar-refractivity contribution < 1.29 is 14.6 Å². The average molecular weight is 281 g/mol. The van der Waals surface area contributed by atoms with Gasteiger partial charge in [0.25, 0.3) is 0 Å². The third-order valence-corrected chi connectivity index (χ3v) is 2.47. The summed E-state index contributed by atoms with van der Waals surface area (Å²) in [6, 6.07) is 4.96. The number of aliphatic carboxylic acids is 1. The summed E-state index contributed by atoms with van der Waals surface area (Å²) >= 11 is 5.92. The van der Waals surface area contributed by atoms with Crippen LogP contribution in [0.1, 0.15) is 5.82 Å². The molecule has 7 nitrogen and oxygen atoms in total. The molecule has 1 N–H and O–H groups in total. The number of methoxy groups -OCH3 is 1. The molecule has 0 aliphatic carbocycles. The second kappa shape index (κ2) is 5.49. The predicted molar refractivity (Wildman–Crippen MR) is 67.4 cm³/mol. The molecule has 0 aliphatic rings. The van der Waals surface area contributed by atoms with Gasteiger partial charge in [0.2, 0.25) is 0 Å². The minimum atomic E-state index is -1.09. The Hall–Kier alpha value is -2.41. The number of aromatic nitrogens is 4. The molecule has 2 aromatic rings. The van der Waals surface area contributed by atoms with Crippen LogP contribution in [0.4, 0.5) is 0 Å². The molecule has 0 bridgehead atoms. The largest absolute Gasteiger partial charge is 0.494 e. The lowest BCUT2D eigenvalue weighted by molar-refractivity contribution is -0.131. The highest BCUT2D eigenvalue weighted by atomic mass is 35.5. The SMILES string of the molecule is COc1ccc(Cl)cc1-n1nnnc1/C=C/C(=O)O. The second-order valence-electron chi connectivity index (χ2n) is 3.44. The van der Waals surface area contributed by atoms with Gasteiger partial charge < -0.3 is 9.84 Å². The minimum Gasteiger partial charge on any atom is -0.494 e. The highest BCUT2D eigenvalue weighted by Gasteiger charge is 2.11. The molecule has 0 radical (unpaired) electrons. The Balaban J connectivity index is 2.50. The van der Waals surface area contributed by atoms with Crippen molar-refractivity contribution in [3.8, 4) is 11.4 Å². The number of rotatable bonds is 4. The van der Waals surface area contributed by atoms with Crippen LogP contribution >= 0.6 is 11.6 Å². The van der Waals surface area contributed by atoms with Gasteiger partial charge in [0, 0.05) is 11.1 Å². The first-order valence-electron chi connectivity index (χ1n) is 5.15. The van der Waals surface area contributed by atoms with E-state index in [1.807, 2.05) is 0 Å². The Morgan fingerprint density at radius 1 is 1.53 bits per heavy atom. The first-order chi connectivity index (χ1) is 9.11. The van der Waals surface area contributed by atoms with E-state index >= 15 is 0 Å². The van der Waals surface area contributed by atoms with Crippen molar-refractivity contribution in [1.82, 2.24) is 20.2 Å². The lowest BCUT2D eigenvalue weighted by Gasteiger charge is -2.08. The molecule has 0 unspecified atom stereocenters. The van der Waals surface area contributed by atoms with E-state index in [4.69, 9.17) is 21.4 Å². The van der Waals surface area contributed by atoms with Crippen LogP contribution in [0.5, 0.6) is 5.75 Å². The van der Waals surface area contributed by atoms with Crippen molar-refractivity contribution in [2.75, 3.05) is 7.11 Å². The van der Waals surface area contributed by atoms with Gasteiger partial charge in [-0.05, 0) is 34.7 Å². The van der Waals surface area contributed by atoms with Gasteiger partial charge in [0.15, 0.2) is 5.82 Å².